The summed E-state index contributed by atoms with van der Waals surface area (Å²) in [7, 11) is 0. The second-order valence-corrected chi connectivity index (χ2v) is 7.85. The lowest BCUT2D eigenvalue weighted by atomic mass is 9.83. The molecule has 0 aromatic carbocycles. The second kappa shape index (κ2) is 17.2. The number of nitriles is 1. The van der Waals surface area contributed by atoms with Gasteiger partial charge >= 0.3 is 0 Å². The number of hydrogen-bond donors (Lipinski definition) is 3. The smallest absolute Gasteiger partial charge is 0.144 e. The van der Waals surface area contributed by atoms with E-state index in [-0.39, 0.29) is 18.0 Å². The van der Waals surface area contributed by atoms with Crippen molar-refractivity contribution in [3.63, 3.8) is 0 Å². The van der Waals surface area contributed by atoms with Gasteiger partial charge < -0.3 is 10.7 Å². The molecule has 4 unspecified atom stereocenters. The minimum Gasteiger partial charge on any atom is -0.366 e. The van der Waals surface area contributed by atoms with E-state index in [1.807, 2.05) is 58.9 Å². The van der Waals surface area contributed by atoms with Gasteiger partial charge in [-0.1, -0.05) is 72.8 Å². The number of rotatable bonds is 5. The third-order valence-corrected chi connectivity index (χ3v) is 5.97. The summed E-state index contributed by atoms with van der Waals surface area (Å²) in [4.78, 5) is 2.45. The Kier molecular flexibility index (Phi) is 15.9. The highest BCUT2D eigenvalue weighted by Crippen LogP contribution is 2.31. The van der Waals surface area contributed by atoms with E-state index in [0.717, 1.165) is 30.3 Å². The van der Waals surface area contributed by atoms with Crippen molar-refractivity contribution in [1.29, 1.82) is 5.26 Å². The van der Waals surface area contributed by atoms with Gasteiger partial charge in [-0.3, -0.25) is 4.90 Å². The van der Waals surface area contributed by atoms with Crippen LogP contribution in [-0.4, -0.2) is 30.2 Å². The van der Waals surface area contributed by atoms with Gasteiger partial charge in [-0.05, 0) is 43.8 Å². The molecule has 3 aliphatic heterocycles. The first kappa shape index (κ1) is 30.6. The standard InChI is InChI=1S/C22H33FN4.2C2H6.CHN/c1-5-7-9-18-16(4)25-26-21(18)22-19(23)10-11-20(24-22)27-13-12-15(3)17(14-27)8-6-2;3*1-2/h5,7,9-11,15,17,20-21,24-26H,4,6,8,12-14H2,1-3H3;2*1-2H3;1H/b7-5-,18-9+;;;. The van der Waals surface area contributed by atoms with Crippen molar-refractivity contribution in [1.82, 2.24) is 21.1 Å². The quantitative estimate of drug-likeness (QED) is 0.464. The molecule has 33 heavy (non-hydrogen) atoms. The molecule has 5 nitrogen and oxygen atoms in total. The zero-order valence-electron chi connectivity index (χ0n) is 21.8. The Hall–Kier alpha value is -2.36. The molecule has 0 radical (unpaired) electrons. The van der Waals surface area contributed by atoms with Gasteiger partial charge in [-0.15, -0.1) is 0 Å². The average molecular weight is 460 g/mol. The zero-order valence-corrected chi connectivity index (χ0v) is 21.8. The number of piperidine rings is 1. The molecule has 4 atom stereocenters. The molecule has 3 heterocycles. The normalized spacial score (nSPS) is 28.1. The highest BCUT2D eigenvalue weighted by atomic mass is 19.1. The first-order chi connectivity index (χ1) is 16.0. The maximum atomic E-state index is 14.7. The minimum absolute atomic E-state index is 0.0324. The Morgan fingerprint density at radius 1 is 1.27 bits per heavy atom. The molecule has 3 N–H and O–H groups in total. The molecule has 0 aromatic heterocycles. The highest BCUT2D eigenvalue weighted by Gasteiger charge is 2.34. The molecule has 0 saturated carbocycles. The fourth-order valence-electron chi connectivity index (χ4n) is 4.26. The first-order valence-electron chi connectivity index (χ1n) is 12.4. The minimum atomic E-state index is -0.267. The molecule has 3 aliphatic rings. The summed E-state index contributed by atoms with van der Waals surface area (Å²) >= 11 is 0. The summed E-state index contributed by atoms with van der Waals surface area (Å²) in [6, 6.07) is -0.267. The summed E-state index contributed by atoms with van der Waals surface area (Å²) in [5, 5.41) is 9.95. The molecule has 186 valence electrons. The van der Waals surface area contributed by atoms with Crippen molar-refractivity contribution < 1.29 is 4.39 Å². The van der Waals surface area contributed by atoms with Crippen LogP contribution in [0.3, 0.4) is 0 Å². The number of halogens is 1. The zero-order chi connectivity index (χ0) is 25.4. The van der Waals surface area contributed by atoms with E-state index in [1.165, 1.54) is 19.3 Å². The predicted octanol–water partition coefficient (Wildman–Crippen LogP) is 6.10. The second-order valence-electron chi connectivity index (χ2n) is 7.85. The Morgan fingerprint density at radius 2 is 1.94 bits per heavy atom. The fraction of sp³-hybridized carbons (Fsp3) is 0.593. The van der Waals surface area contributed by atoms with Crippen LogP contribution in [0.5, 0.6) is 0 Å². The average Bonchev–Trinajstić information content (AvgIpc) is 3.23. The number of nitrogens with one attached hydrogen (secondary N) is 3. The molecule has 3 rings (SSSR count). The van der Waals surface area contributed by atoms with E-state index in [4.69, 9.17) is 5.26 Å². The number of likely N-dealkylation sites (tertiary alicyclic amines) is 1. The van der Waals surface area contributed by atoms with Crippen LogP contribution in [0.2, 0.25) is 0 Å². The van der Waals surface area contributed by atoms with Crippen LogP contribution < -0.4 is 16.2 Å². The molecule has 6 heteroatoms. The SMILES string of the molecule is C#N.C=C1NNC(C2=C(F)C=CC(N3CCC(C)C(CCC)C3)N2)/C1=C/C=C\C.CC.CC. The van der Waals surface area contributed by atoms with Crippen molar-refractivity contribution in [2.24, 2.45) is 11.8 Å². The van der Waals surface area contributed by atoms with Crippen LogP contribution in [-0.2, 0) is 0 Å². The maximum Gasteiger partial charge on any atom is 0.144 e. The van der Waals surface area contributed by atoms with Crippen LogP contribution in [0.4, 0.5) is 4.39 Å². The van der Waals surface area contributed by atoms with E-state index < -0.39 is 0 Å². The van der Waals surface area contributed by atoms with Crippen LogP contribution in [0, 0.1) is 23.7 Å². The van der Waals surface area contributed by atoms with Gasteiger partial charge in [0.15, 0.2) is 0 Å². The van der Waals surface area contributed by atoms with Crippen molar-refractivity contribution in [2.45, 2.75) is 79.9 Å². The molecular formula is C27H46FN5. The molecule has 0 amide bonds. The Labute approximate surface area is 202 Å². The van der Waals surface area contributed by atoms with Crippen molar-refractivity contribution in [3.05, 3.63) is 59.8 Å². The van der Waals surface area contributed by atoms with Gasteiger partial charge in [0.25, 0.3) is 0 Å². The van der Waals surface area contributed by atoms with E-state index in [9.17, 15) is 4.39 Å². The number of nitrogens with zero attached hydrogens (tertiary/aromatic N) is 2. The topological polar surface area (TPSA) is 63.1 Å². The number of allylic oxidation sites excluding steroid dienone is 5. The van der Waals surface area contributed by atoms with Crippen LogP contribution in [0.1, 0.15) is 67.7 Å². The lowest BCUT2D eigenvalue weighted by Gasteiger charge is -2.42. The van der Waals surface area contributed by atoms with E-state index >= 15 is 0 Å². The monoisotopic (exact) mass is 459 g/mol. The van der Waals surface area contributed by atoms with Gasteiger partial charge in [-0.25, -0.2) is 15.1 Å². The summed E-state index contributed by atoms with van der Waals surface area (Å²) in [6.07, 6.45) is 13.2. The third kappa shape index (κ3) is 8.49. The summed E-state index contributed by atoms with van der Waals surface area (Å²) in [5.74, 6) is 1.26. The lowest BCUT2D eigenvalue weighted by molar-refractivity contribution is 0.0885. The summed E-state index contributed by atoms with van der Waals surface area (Å²) in [5.41, 5.74) is 8.52. The van der Waals surface area contributed by atoms with Crippen LogP contribution in [0.15, 0.2) is 59.8 Å². The van der Waals surface area contributed by atoms with E-state index in [1.54, 1.807) is 6.08 Å². The van der Waals surface area contributed by atoms with Gasteiger partial charge in [0, 0.05) is 30.9 Å². The Balaban J connectivity index is 0.00000158. The van der Waals surface area contributed by atoms with E-state index in [0.29, 0.717) is 11.6 Å². The van der Waals surface area contributed by atoms with Crippen LogP contribution >= 0.6 is 0 Å². The third-order valence-electron chi connectivity index (χ3n) is 5.97. The molecule has 0 aliphatic carbocycles. The Bertz CT molecular complexity index is 719. The van der Waals surface area contributed by atoms with Gasteiger partial charge in [0.1, 0.15) is 5.83 Å². The summed E-state index contributed by atoms with van der Waals surface area (Å²) < 4.78 is 14.7. The number of hydrogen-bond acceptors (Lipinski definition) is 5. The highest BCUT2D eigenvalue weighted by molar-refractivity contribution is 5.46. The number of dihydropyridines is 1. The Morgan fingerprint density at radius 3 is 2.55 bits per heavy atom. The molecule has 0 aromatic rings. The molecule has 0 bridgehead atoms. The van der Waals surface area contributed by atoms with Gasteiger partial charge in [0.2, 0.25) is 0 Å². The van der Waals surface area contributed by atoms with Crippen molar-refractivity contribution in [2.75, 3.05) is 13.1 Å². The molecule has 2 saturated heterocycles. The predicted molar refractivity (Wildman–Crippen MR) is 139 cm³/mol. The molecule has 0 spiro atoms. The molecular weight excluding hydrogens is 413 g/mol. The van der Waals surface area contributed by atoms with Crippen molar-refractivity contribution in [3.8, 4) is 6.57 Å². The largest absolute Gasteiger partial charge is 0.366 e. The van der Waals surface area contributed by atoms with Gasteiger partial charge in [0.05, 0.1) is 17.9 Å². The van der Waals surface area contributed by atoms with Crippen molar-refractivity contribution >= 4 is 0 Å². The maximum absolute atomic E-state index is 14.7. The first-order valence-corrected chi connectivity index (χ1v) is 12.4. The van der Waals surface area contributed by atoms with E-state index in [2.05, 4.69) is 48.1 Å². The summed E-state index contributed by atoms with van der Waals surface area (Å²) in [6.45, 7) is 24.2. The lowest BCUT2D eigenvalue weighted by Crippen LogP contribution is -2.53. The number of hydrazine groups is 1. The van der Waals surface area contributed by atoms with Gasteiger partial charge in [-0.2, -0.15) is 0 Å². The molecule has 2 fully saturated rings. The van der Waals surface area contributed by atoms with Crippen LogP contribution in [0.25, 0.3) is 0 Å². The fourth-order valence-corrected chi connectivity index (χ4v) is 4.26.